The van der Waals surface area contributed by atoms with Crippen LogP contribution in [0.3, 0.4) is 0 Å². The van der Waals surface area contributed by atoms with E-state index in [1.54, 1.807) is 6.07 Å². The predicted octanol–water partition coefficient (Wildman–Crippen LogP) is 0.992. The molecule has 2 saturated carbocycles. The molecule has 3 heteroatoms. The lowest BCUT2D eigenvalue weighted by atomic mass is 10.0. The highest BCUT2D eigenvalue weighted by Crippen LogP contribution is 2.65. The van der Waals surface area contributed by atoms with Gasteiger partial charge >= 0.3 is 0 Å². The summed E-state index contributed by atoms with van der Waals surface area (Å²) in [4.78, 5) is 13.9. The lowest BCUT2D eigenvalue weighted by Gasteiger charge is -2.13. The molecule has 0 saturated heterocycles. The van der Waals surface area contributed by atoms with Gasteiger partial charge in [0.15, 0.2) is 0 Å². The fraction of sp³-hybridized carbons (Fsp3) is 0.545. The zero-order valence-electron chi connectivity index (χ0n) is 7.86. The number of fused-ring (bicyclic) bond motifs is 1. The molecule has 0 aliphatic heterocycles. The molecule has 1 aromatic heterocycles. The number of hydrogen-bond acceptors (Lipinski definition) is 2. The summed E-state index contributed by atoms with van der Waals surface area (Å²) in [7, 11) is 0. The predicted molar refractivity (Wildman–Crippen MR) is 51.8 cm³/mol. The van der Waals surface area contributed by atoms with Crippen molar-refractivity contribution in [2.24, 2.45) is 11.8 Å². The Morgan fingerprint density at radius 2 is 2.07 bits per heavy atom. The third kappa shape index (κ3) is 0.879. The van der Waals surface area contributed by atoms with E-state index in [1.807, 2.05) is 6.07 Å². The minimum Gasteiger partial charge on any atom is -0.383 e. The van der Waals surface area contributed by atoms with Gasteiger partial charge in [-0.25, -0.2) is 0 Å². The van der Waals surface area contributed by atoms with Gasteiger partial charge in [0.05, 0.1) is 5.69 Å². The van der Waals surface area contributed by atoms with E-state index in [0.29, 0.717) is 17.5 Å². The maximum Gasteiger partial charge on any atom is 0.248 e. The van der Waals surface area contributed by atoms with Gasteiger partial charge in [0.25, 0.3) is 0 Å². The van der Waals surface area contributed by atoms with Crippen molar-refractivity contribution in [2.75, 3.05) is 0 Å². The van der Waals surface area contributed by atoms with Gasteiger partial charge in [-0.2, -0.15) is 0 Å². The van der Waals surface area contributed by atoms with Crippen LogP contribution in [0.5, 0.6) is 0 Å². The largest absolute Gasteiger partial charge is 0.383 e. The summed E-state index contributed by atoms with van der Waals surface area (Å²) in [6, 6.07) is 5.00. The highest BCUT2D eigenvalue weighted by atomic mass is 16.3. The third-order valence-corrected chi connectivity index (χ3v) is 3.74. The quantitative estimate of drug-likeness (QED) is 0.695. The lowest BCUT2D eigenvalue weighted by molar-refractivity contribution is 0.100. The number of pyridine rings is 1. The molecule has 2 atom stereocenters. The smallest absolute Gasteiger partial charge is 0.248 e. The summed E-state index contributed by atoms with van der Waals surface area (Å²) in [5.74, 6) is 0.779. The minimum atomic E-state index is -0.710. The van der Waals surface area contributed by atoms with Crippen molar-refractivity contribution in [1.29, 1.82) is 0 Å². The molecule has 0 amide bonds. The van der Waals surface area contributed by atoms with Crippen LogP contribution in [-0.4, -0.2) is 10.1 Å². The highest BCUT2D eigenvalue weighted by molar-refractivity contribution is 5.28. The maximum atomic E-state index is 11.1. The number of aliphatic hydroxyl groups is 1. The number of H-pyrrole nitrogens is 1. The number of nitrogens with one attached hydrogen (secondary N) is 1. The molecule has 0 radical (unpaired) electrons. The Bertz CT molecular complexity index is 413. The molecule has 2 fully saturated rings. The van der Waals surface area contributed by atoms with E-state index in [1.165, 1.54) is 12.5 Å². The second-order valence-electron chi connectivity index (χ2n) is 4.40. The highest BCUT2D eigenvalue weighted by Gasteiger charge is 2.66. The second kappa shape index (κ2) is 2.48. The van der Waals surface area contributed by atoms with E-state index in [9.17, 15) is 9.90 Å². The average Bonchev–Trinajstić information content (AvgIpc) is 2.62. The first kappa shape index (κ1) is 8.24. The molecule has 3 nitrogen and oxygen atoms in total. The number of rotatable bonds is 1. The fourth-order valence-corrected chi connectivity index (χ4v) is 3.00. The normalized spacial score (nSPS) is 39.5. The van der Waals surface area contributed by atoms with Gasteiger partial charge in [-0.15, -0.1) is 0 Å². The summed E-state index contributed by atoms with van der Waals surface area (Å²) in [6.07, 6.45) is 3.41. The molecule has 1 aromatic rings. The monoisotopic (exact) mass is 191 g/mol. The van der Waals surface area contributed by atoms with Crippen LogP contribution < -0.4 is 5.56 Å². The van der Waals surface area contributed by atoms with Crippen molar-refractivity contribution < 1.29 is 5.11 Å². The standard InChI is InChI=1S/C11H13NO2/c13-10-6-2-5-9(12-10)11(14)7-3-1-4-8(7)11/h2,5-8,14H,1,3-4H2,(H,12,13). The summed E-state index contributed by atoms with van der Waals surface area (Å²) in [6.45, 7) is 0. The minimum absolute atomic E-state index is 0.124. The zero-order chi connectivity index (χ0) is 9.76. The van der Waals surface area contributed by atoms with Crippen molar-refractivity contribution in [3.8, 4) is 0 Å². The van der Waals surface area contributed by atoms with E-state index in [4.69, 9.17) is 0 Å². The van der Waals surface area contributed by atoms with Crippen LogP contribution >= 0.6 is 0 Å². The molecule has 0 aromatic carbocycles. The molecule has 2 aliphatic rings. The van der Waals surface area contributed by atoms with Gasteiger partial charge in [0.2, 0.25) is 5.56 Å². The summed E-state index contributed by atoms with van der Waals surface area (Å²) < 4.78 is 0. The molecule has 74 valence electrons. The van der Waals surface area contributed by atoms with Crippen LogP contribution in [0.15, 0.2) is 23.0 Å². The van der Waals surface area contributed by atoms with Crippen LogP contribution in [0.25, 0.3) is 0 Å². The van der Waals surface area contributed by atoms with Gasteiger partial charge < -0.3 is 10.1 Å². The van der Waals surface area contributed by atoms with E-state index < -0.39 is 5.60 Å². The van der Waals surface area contributed by atoms with Crippen LogP contribution in [0.4, 0.5) is 0 Å². The van der Waals surface area contributed by atoms with E-state index in [0.717, 1.165) is 12.8 Å². The Balaban J connectivity index is 2.01. The fourth-order valence-electron chi connectivity index (χ4n) is 3.00. The molecule has 2 unspecified atom stereocenters. The molecule has 0 spiro atoms. The van der Waals surface area contributed by atoms with Crippen LogP contribution in [0, 0.1) is 11.8 Å². The molecule has 3 rings (SSSR count). The van der Waals surface area contributed by atoms with E-state index >= 15 is 0 Å². The van der Waals surface area contributed by atoms with Gasteiger partial charge in [0, 0.05) is 6.07 Å². The first-order chi connectivity index (χ1) is 6.73. The van der Waals surface area contributed by atoms with Gasteiger partial charge in [-0.1, -0.05) is 12.5 Å². The molecular weight excluding hydrogens is 178 g/mol. The van der Waals surface area contributed by atoms with Crippen molar-refractivity contribution in [1.82, 2.24) is 4.98 Å². The van der Waals surface area contributed by atoms with Gasteiger partial charge in [-0.05, 0) is 30.7 Å². The first-order valence-electron chi connectivity index (χ1n) is 5.15. The third-order valence-electron chi connectivity index (χ3n) is 3.74. The van der Waals surface area contributed by atoms with Crippen LogP contribution in [0.1, 0.15) is 25.0 Å². The summed E-state index contributed by atoms with van der Waals surface area (Å²) >= 11 is 0. The van der Waals surface area contributed by atoms with Crippen molar-refractivity contribution in [3.63, 3.8) is 0 Å². The first-order valence-corrected chi connectivity index (χ1v) is 5.15. The van der Waals surface area contributed by atoms with Crippen molar-refractivity contribution in [2.45, 2.75) is 24.9 Å². The molecule has 14 heavy (non-hydrogen) atoms. The zero-order valence-corrected chi connectivity index (χ0v) is 7.86. The number of hydrogen-bond donors (Lipinski definition) is 2. The Kier molecular flexibility index (Phi) is 1.46. The Hall–Kier alpha value is -1.09. The maximum absolute atomic E-state index is 11.1. The van der Waals surface area contributed by atoms with Crippen molar-refractivity contribution in [3.05, 3.63) is 34.2 Å². The summed E-state index contributed by atoms with van der Waals surface area (Å²) in [5, 5.41) is 10.3. The lowest BCUT2D eigenvalue weighted by Crippen LogP contribution is -2.19. The Morgan fingerprint density at radius 3 is 2.71 bits per heavy atom. The molecular formula is C11H13NO2. The number of aromatic amines is 1. The Labute approximate surface area is 81.8 Å². The van der Waals surface area contributed by atoms with E-state index in [2.05, 4.69) is 4.98 Å². The SMILES string of the molecule is O=c1cccc(C2(O)C3CCCC32)[nH]1. The van der Waals surface area contributed by atoms with Gasteiger partial charge in [-0.3, -0.25) is 4.79 Å². The molecule has 1 heterocycles. The van der Waals surface area contributed by atoms with Crippen molar-refractivity contribution >= 4 is 0 Å². The van der Waals surface area contributed by atoms with Gasteiger partial charge in [0.1, 0.15) is 5.60 Å². The van der Waals surface area contributed by atoms with E-state index in [-0.39, 0.29) is 5.56 Å². The second-order valence-corrected chi connectivity index (χ2v) is 4.40. The Morgan fingerprint density at radius 1 is 1.36 bits per heavy atom. The molecule has 2 aliphatic carbocycles. The average molecular weight is 191 g/mol. The van der Waals surface area contributed by atoms with Crippen LogP contribution in [-0.2, 0) is 5.60 Å². The summed E-state index contributed by atoms with van der Waals surface area (Å²) in [5.41, 5.74) is -0.126. The topological polar surface area (TPSA) is 53.1 Å². The van der Waals surface area contributed by atoms with Crippen LogP contribution in [0.2, 0.25) is 0 Å². The molecule has 2 N–H and O–H groups in total. The number of aromatic nitrogens is 1. The molecule has 0 bridgehead atoms.